The summed E-state index contributed by atoms with van der Waals surface area (Å²) in [5.74, 6) is 2.70. The zero-order chi connectivity index (χ0) is 10.6. The third-order valence-electron chi connectivity index (χ3n) is 2.77. The summed E-state index contributed by atoms with van der Waals surface area (Å²) in [5.41, 5.74) is 5.74. The number of hydrogen-bond donors (Lipinski definition) is 2. The number of hydrogen-bond acceptors (Lipinski definition) is 2. The van der Waals surface area contributed by atoms with Crippen molar-refractivity contribution >= 4 is 5.91 Å². The lowest BCUT2D eigenvalue weighted by Crippen LogP contribution is -2.37. The first-order valence-corrected chi connectivity index (χ1v) is 5.19. The van der Waals surface area contributed by atoms with Crippen molar-refractivity contribution in [1.29, 1.82) is 0 Å². The molecule has 0 aromatic heterocycles. The number of carbonyl (C=O) groups excluding carboxylic acids is 1. The molecule has 1 amide bonds. The Morgan fingerprint density at radius 1 is 1.71 bits per heavy atom. The molecule has 1 saturated carbocycles. The normalized spacial score (nSPS) is 28.1. The SMILES string of the molecule is C#CC(CC)NC(=O)C1CCC(N)C1. The van der Waals surface area contributed by atoms with E-state index in [1.54, 1.807) is 0 Å². The van der Waals surface area contributed by atoms with E-state index in [1.165, 1.54) is 0 Å². The molecule has 0 aromatic rings. The Labute approximate surface area is 85.4 Å². The van der Waals surface area contributed by atoms with Crippen LogP contribution < -0.4 is 11.1 Å². The van der Waals surface area contributed by atoms with Crippen LogP contribution in [0, 0.1) is 18.3 Å². The Morgan fingerprint density at radius 3 is 2.86 bits per heavy atom. The van der Waals surface area contributed by atoms with E-state index in [2.05, 4.69) is 11.2 Å². The van der Waals surface area contributed by atoms with Gasteiger partial charge in [-0.3, -0.25) is 4.79 Å². The molecule has 1 fully saturated rings. The predicted octanol–water partition coefficient (Wildman–Crippen LogP) is 0.642. The van der Waals surface area contributed by atoms with Crippen LogP contribution in [0.1, 0.15) is 32.6 Å². The molecule has 0 bridgehead atoms. The average molecular weight is 194 g/mol. The van der Waals surface area contributed by atoms with Crippen LogP contribution in [-0.4, -0.2) is 18.0 Å². The van der Waals surface area contributed by atoms with Gasteiger partial charge in [0, 0.05) is 12.0 Å². The van der Waals surface area contributed by atoms with E-state index in [-0.39, 0.29) is 23.9 Å². The first-order valence-electron chi connectivity index (χ1n) is 5.19. The third-order valence-corrected chi connectivity index (χ3v) is 2.77. The molecule has 1 aliphatic rings. The van der Waals surface area contributed by atoms with Crippen molar-refractivity contribution in [3.63, 3.8) is 0 Å². The number of carbonyl (C=O) groups is 1. The maximum Gasteiger partial charge on any atom is 0.224 e. The van der Waals surface area contributed by atoms with Crippen LogP contribution in [0.4, 0.5) is 0 Å². The molecule has 3 heteroatoms. The first kappa shape index (κ1) is 11.1. The molecule has 1 rings (SSSR count). The highest BCUT2D eigenvalue weighted by atomic mass is 16.1. The molecule has 3 N–H and O–H groups in total. The van der Waals surface area contributed by atoms with E-state index in [4.69, 9.17) is 12.2 Å². The molecule has 0 aliphatic heterocycles. The summed E-state index contributed by atoms with van der Waals surface area (Å²) in [6.45, 7) is 1.96. The minimum Gasteiger partial charge on any atom is -0.342 e. The van der Waals surface area contributed by atoms with Gasteiger partial charge < -0.3 is 11.1 Å². The fourth-order valence-electron chi connectivity index (χ4n) is 1.81. The van der Waals surface area contributed by atoms with Gasteiger partial charge in [-0.1, -0.05) is 12.8 Å². The molecule has 0 aromatic carbocycles. The summed E-state index contributed by atoms with van der Waals surface area (Å²) in [4.78, 5) is 11.7. The Morgan fingerprint density at radius 2 is 2.43 bits per heavy atom. The molecule has 3 nitrogen and oxygen atoms in total. The van der Waals surface area contributed by atoms with Crippen LogP contribution in [0.5, 0.6) is 0 Å². The molecule has 78 valence electrons. The summed E-state index contributed by atoms with van der Waals surface area (Å²) in [6.07, 6.45) is 8.69. The molecular formula is C11H18N2O. The van der Waals surface area contributed by atoms with E-state index in [1.807, 2.05) is 6.92 Å². The van der Waals surface area contributed by atoms with Gasteiger partial charge in [-0.2, -0.15) is 0 Å². The van der Waals surface area contributed by atoms with Crippen LogP contribution in [0.25, 0.3) is 0 Å². The van der Waals surface area contributed by atoms with Crippen LogP contribution in [0.2, 0.25) is 0 Å². The summed E-state index contributed by atoms with van der Waals surface area (Å²) < 4.78 is 0. The number of nitrogens with one attached hydrogen (secondary N) is 1. The largest absolute Gasteiger partial charge is 0.342 e. The fraction of sp³-hybridized carbons (Fsp3) is 0.727. The highest BCUT2D eigenvalue weighted by molar-refractivity contribution is 5.79. The monoisotopic (exact) mass is 194 g/mol. The second-order valence-electron chi connectivity index (χ2n) is 3.91. The van der Waals surface area contributed by atoms with Crippen molar-refractivity contribution in [2.75, 3.05) is 0 Å². The highest BCUT2D eigenvalue weighted by Gasteiger charge is 2.28. The second kappa shape index (κ2) is 5.02. The third kappa shape index (κ3) is 2.74. The summed E-state index contributed by atoms with van der Waals surface area (Å²) >= 11 is 0. The van der Waals surface area contributed by atoms with E-state index in [9.17, 15) is 4.79 Å². The number of amides is 1. The Bertz CT molecular complexity index is 244. The maximum atomic E-state index is 11.7. The van der Waals surface area contributed by atoms with Crippen LogP contribution >= 0.6 is 0 Å². The molecular weight excluding hydrogens is 176 g/mol. The van der Waals surface area contributed by atoms with E-state index >= 15 is 0 Å². The summed E-state index contributed by atoms with van der Waals surface area (Å²) in [7, 11) is 0. The van der Waals surface area contributed by atoms with Crippen molar-refractivity contribution in [2.45, 2.75) is 44.7 Å². The lowest BCUT2D eigenvalue weighted by atomic mass is 10.1. The smallest absolute Gasteiger partial charge is 0.224 e. The topological polar surface area (TPSA) is 55.1 Å². The van der Waals surface area contributed by atoms with Gasteiger partial charge in [-0.15, -0.1) is 6.42 Å². The molecule has 3 unspecified atom stereocenters. The van der Waals surface area contributed by atoms with Gasteiger partial charge in [0.15, 0.2) is 0 Å². The van der Waals surface area contributed by atoms with Crippen LogP contribution in [0.15, 0.2) is 0 Å². The average Bonchev–Trinajstić information content (AvgIpc) is 2.61. The Balaban J connectivity index is 2.39. The lowest BCUT2D eigenvalue weighted by molar-refractivity contribution is -0.125. The zero-order valence-corrected chi connectivity index (χ0v) is 8.62. The minimum absolute atomic E-state index is 0.0720. The zero-order valence-electron chi connectivity index (χ0n) is 8.62. The standard InChI is InChI=1S/C11H18N2O/c1-3-10(4-2)13-11(14)8-5-6-9(12)7-8/h1,8-10H,4-7,12H2,2H3,(H,13,14). The molecule has 3 atom stereocenters. The van der Waals surface area contributed by atoms with E-state index < -0.39 is 0 Å². The minimum atomic E-state index is -0.126. The Kier molecular flexibility index (Phi) is 3.97. The van der Waals surface area contributed by atoms with Gasteiger partial charge in [-0.25, -0.2) is 0 Å². The molecule has 0 heterocycles. The molecule has 14 heavy (non-hydrogen) atoms. The lowest BCUT2D eigenvalue weighted by Gasteiger charge is -2.14. The van der Waals surface area contributed by atoms with Crippen LogP contribution in [-0.2, 0) is 4.79 Å². The molecule has 0 saturated heterocycles. The summed E-state index contributed by atoms with van der Waals surface area (Å²) in [5, 5.41) is 2.85. The molecule has 1 aliphatic carbocycles. The van der Waals surface area contributed by atoms with Gasteiger partial charge >= 0.3 is 0 Å². The van der Waals surface area contributed by atoms with Crippen molar-refractivity contribution in [2.24, 2.45) is 11.7 Å². The number of nitrogens with two attached hydrogens (primary N) is 1. The predicted molar refractivity (Wildman–Crippen MR) is 56.4 cm³/mol. The van der Waals surface area contributed by atoms with Gasteiger partial charge in [0.05, 0.1) is 6.04 Å². The number of terminal acetylenes is 1. The Hall–Kier alpha value is -1.01. The van der Waals surface area contributed by atoms with E-state index in [0.29, 0.717) is 0 Å². The van der Waals surface area contributed by atoms with Crippen molar-refractivity contribution < 1.29 is 4.79 Å². The number of rotatable bonds is 3. The molecule has 0 spiro atoms. The highest BCUT2D eigenvalue weighted by Crippen LogP contribution is 2.24. The van der Waals surface area contributed by atoms with Crippen molar-refractivity contribution in [1.82, 2.24) is 5.32 Å². The summed E-state index contributed by atoms with van der Waals surface area (Å²) in [6, 6.07) is 0.0657. The van der Waals surface area contributed by atoms with Gasteiger partial charge in [-0.05, 0) is 25.7 Å². The van der Waals surface area contributed by atoms with Crippen molar-refractivity contribution in [3.05, 3.63) is 0 Å². The van der Waals surface area contributed by atoms with Gasteiger partial charge in [0.1, 0.15) is 0 Å². The maximum absolute atomic E-state index is 11.7. The second-order valence-corrected chi connectivity index (χ2v) is 3.91. The van der Waals surface area contributed by atoms with Gasteiger partial charge in [0.2, 0.25) is 5.91 Å². The first-order chi connectivity index (χ1) is 6.67. The fourth-order valence-corrected chi connectivity index (χ4v) is 1.81. The van der Waals surface area contributed by atoms with E-state index in [0.717, 1.165) is 25.7 Å². The molecule has 0 radical (unpaired) electrons. The van der Waals surface area contributed by atoms with Crippen LogP contribution in [0.3, 0.4) is 0 Å². The van der Waals surface area contributed by atoms with Gasteiger partial charge in [0.25, 0.3) is 0 Å². The van der Waals surface area contributed by atoms with Crippen molar-refractivity contribution in [3.8, 4) is 12.3 Å². The quantitative estimate of drug-likeness (QED) is 0.648.